The Bertz CT molecular complexity index is 474. The van der Waals surface area contributed by atoms with E-state index in [1.165, 1.54) is 51.5 Å². The predicted octanol–water partition coefficient (Wildman–Crippen LogP) is 2.76. The molecule has 0 bridgehead atoms. The molecule has 1 saturated heterocycles. The highest BCUT2D eigenvalue weighted by molar-refractivity contribution is 5.32. The standard InChI is InChI=1S/C17H30N6/c1-2-23-10-6-9-15(23)12-19-17-21-13-20-16(22-17)18-11-14-7-4-3-5-8-14/h13-15H,2-12H2,1H3,(H2,18,19,20,21,22). The van der Waals surface area contributed by atoms with Crippen LogP contribution in [0.1, 0.15) is 51.9 Å². The molecule has 1 aliphatic carbocycles. The highest BCUT2D eigenvalue weighted by atomic mass is 15.2. The maximum Gasteiger partial charge on any atom is 0.227 e. The Morgan fingerprint density at radius 3 is 2.48 bits per heavy atom. The van der Waals surface area contributed by atoms with Gasteiger partial charge >= 0.3 is 0 Å². The summed E-state index contributed by atoms with van der Waals surface area (Å²) in [6, 6.07) is 0.607. The van der Waals surface area contributed by atoms with Crippen molar-refractivity contribution in [2.45, 2.75) is 57.9 Å². The summed E-state index contributed by atoms with van der Waals surface area (Å²) in [6.07, 6.45) is 11.0. The molecule has 0 spiro atoms. The molecule has 1 atom stereocenters. The number of hydrogen-bond donors (Lipinski definition) is 2. The summed E-state index contributed by atoms with van der Waals surface area (Å²) in [5.41, 5.74) is 0. The monoisotopic (exact) mass is 318 g/mol. The van der Waals surface area contributed by atoms with E-state index in [-0.39, 0.29) is 0 Å². The largest absolute Gasteiger partial charge is 0.354 e. The van der Waals surface area contributed by atoms with Crippen molar-refractivity contribution in [1.29, 1.82) is 0 Å². The minimum Gasteiger partial charge on any atom is -0.354 e. The zero-order chi connectivity index (χ0) is 15.9. The summed E-state index contributed by atoms with van der Waals surface area (Å²) < 4.78 is 0. The molecule has 2 aliphatic rings. The van der Waals surface area contributed by atoms with E-state index in [1.54, 1.807) is 6.33 Å². The van der Waals surface area contributed by atoms with Crippen LogP contribution in [0, 0.1) is 5.92 Å². The van der Waals surface area contributed by atoms with Crippen LogP contribution in [-0.2, 0) is 0 Å². The Morgan fingerprint density at radius 2 is 1.74 bits per heavy atom. The van der Waals surface area contributed by atoms with Crippen LogP contribution >= 0.6 is 0 Å². The van der Waals surface area contributed by atoms with Crippen molar-refractivity contribution in [2.75, 3.05) is 36.8 Å². The highest BCUT2D eigenvalue weighted by Crippen LogP contribution is 2.23. The predicted molar refractivity (Wildman–Crippen MR) is 93.7 cm³/mol. The number of nitrogens with one attached hydrogen (secondary N) is 2. The van der Waals surface area contributed by atoms with Crippen LogP contribution < -0.4 is 10.6 Å². The Kier molecular flexibility index (Phi) is 6.02. The second-order valence-corrected chi connectivity index (χ2v) is 6.82. The van der Waals surface area contributed by atoms with Crippen LogP contribution in [0.3, 0.4) is 0 Å². The van der Waals surface area contributed by atoms with E-state index in [2.05, 4.69) is 37.4 Å². The van der Waals surface area contributed by atoms with Gasteiger partial charge in [-0.1, -0.05) is 26.2 Å². The Labute approximate surface area is 139 Å². The van der Waals surface area contributed by atoms with E-state index in [1.807, 2.05) is 0 Å². The first-order valence-electron chi connectivity index (χ1n) is 9.26. The Balaban J connectivity index is 1.46. The van der Waals surface area contributed by atoms with E-state index < -0.39 is 0 Å². The summed E-state index contributed by atoms with van der Waals surface area (Å²) in [6.45, 7) is 6.47. The number of aromatic nitrogens is 3. The third-order valence-corrected chi connectivity index (χ3v) is 5.25. The van der Waals surface area contributed by atoms with Gasteiger partial charge in [0.2, 0.25) is 11.9 Å². The molecule has 1 aliphatic heterocycles. The lowest BCUT2D eigenvalue weighted by Crippen LogP contribution is -2.35. The second kappa shape index (κ2) is 8.43. The van der Waals surface area contributed by atoms with Crippen LogP contribution in [0.2, 0.25) is 0 Å². The molecule has 1 saturated carbocycles. The molecule has 6 nitrogen and oxygen atoms in total. The van der Waals surface area contributed by atoms with Crippen molar-refractivity contribution in [3.8, 4) is 0 Å². The van der Waals surface area contributed by atoms with Crippen molar-refractivity contribution >= 4 is 11.9 Å². The molecule has 23 heavy (non-hydrogen) atoms. The smallest absolute Gasteiger partial charge is 0.227 e. The fourth-order valence-corrected chi connectivity index (χ4v) is 3.85. The van der Waals surface area contributed by atoms with E-state index >= 15 is 0 Å². The number of likely N-dealkylation sites (N-methyl/N-ethyl adjacent to an activating group) is 1. The highest BCUT2D eigenvalue weighted by Gasteiger charge is 2.22. The van der Waals surface area contributed by atoms with Gasteiger partial charge in [-0.05, 0) is 44.7 Å². The molecule has 0 aromatic carbocycles. The van der Waals surface area contributed by atoms with E-state index in [0.29, 0.717) is 17.9 Å². The lowest BCUT2D eigenvalue weighted by molar-refractivity contribution is 0.277. The van der Waals surface area contributed by atoms with Gasteiger partial charge in [-0.25, -0.2) is 9.97 Å². The van der Waals surface area contributed by atoms with Crippen molar-refractivity contribution in [3.63, 3.8) is 0 Å². The molecule has 6 heteroatoms. The fourth-order valence-electron chi connectivity index (χ4n) is 3.85. The maximum absolute atomic E-state index is 4.51. The van der Waals surface area contributed by atoms with Gasteiger partial charge in [0, 0.05) is 19.1 Å². The molecule has 0 radical (unpaired) electrons. The fraction of sp³-hybridized carbons (Fsp3) is 0.824. The number of hydrogen-bond acceptors (Lipinski definition) is 6. The Morgan fingerprint density at radius 1 is 1.00 bits per heavy atom. The molecule has 3 rings (SSSR count). The number of nitrogens with zero attached hydrogens (tertiary/aromatic N) is 4. The molecule has 2 N–H and O–H groups in total. The summed E-state index contributed by atoms with van der Waals surface area (Å²) in [7, 11) is 0. The van der Waals surface area contributed by atoms with Crippen LogP contribution in [-0.4, -0.2) is 52.1 Å². The van der Waals surface area contributed by atoms with Crippen LogP contribution in [0.5, 0.6) is 0 Å². The van der Waals surface area contributed by atoms with Gasteiger partial charge in [-0.3, -0.25) is 4.90 Å². The van der Waals surface area contributed by atoms with Crippen molar-refractivity contribution in [1.82, 2.24) is 19.9 Å². The topological polar surface area (TPSA) is 66.0 Å². The minimum atomic E-state index is 0.607. The van der Waals surface area contributed by atoms with Crippen LogP contribution in [0.4, 0.5) is 11.9 Å². The van der Waals surface area contributed by atoms with Gasteiger partial charge < -0.3 is 10.6 Å². The Hall–Kier alpha value is -1.43. The molecule has 2 fully saturated rings. The average molecular weight is 318 g/mol. The van der Waals surface area contributed by atoms with Crippen LogP contribution in [0.15, 0.2) is 6.33 Å². The lowest BCUT2D eigenvalue weighted by atomic mass is 9.89. The first-order chi connectivity index (χ1) is 11.3. The summed E-state index contributed by atoms with van der Waals surface area (Å²) in [5, 5.41) is 6.78. The maximum atomic E-state index is 4.51. The third kappa shape index (κ3) is 4.77. The summed E-state index contributed by atoms with van der Waals surface area (Å²) in [5.74, 6) is 2.16. The zero-order valence-electron chi connectivity index (χ0n) is 14.3. The molecule has 1 unspecified atom stereocenters. The third-order valence-electron chi connectivity index (χ3n) is 5.25. The molecule has 0 amide bonds. The molecule has 1 aromatic rings. The number of likely N-dealkylation sites (tertiary alicyclic amines) is 1. The van der Waals surface area contributed by atoms with Gasteiger partial charge in [0.1, 0.15) is 6.33 Å². The first kappa shape index (κ1) is 16.4. The van der Waals surface area contributed by atoms with Crippen molar-refractivity contribution in [2.24, 2.45) is 5.92 Å². The lowest BCUT2D eigenvalue weighted by Gasteiger charge is -2.23. The van der Waals surface area contributed by atoms with Crippen molar-refractivity contribution < 1.29 is 0 Å². The molecule has 2 heterocycles. The quantitative estimate of drug-likeness (QED) is 0.806. The minimum absolute atomic E-state index is 0.607. The van der Waals surface area contributed by atoms with Crippen molar-refractivity contribution in [3.05, 3.63) is 6.33 Å². The molecule has 1 aromatic heterocycles. The summed E-state index contributed by atoms with van der Waals surface area (Å²) >= 11 is 0. The van der Waals surface area contributed by atoms with Gasteiger partial charge in [-0.15, -0.1) is 0 Å². The van der Waals surface area contributed by atoms with E-state index in [4.69, 9.17) is 0 Å². The number of rotatable bonds is 7. The zero-order valence-corrected chi connectivity index (χ0v) is 14.3. The van der Waals surface area contributed by atoms with E-state index in [9.17, 15) is 0 Å². The molecular formula is C17H30N6. The average Bonchev–Trinajstić information content (AvgIpc) is 3.07. The molecular weight excluding hydrogens is 288 g/mol. The van der Waals surface area contributed by atoms with Gasteiger partial charge in [-0.2, -0.15) is 4.98 Å². The van der Waals surface area contributed by atoms with Gasteiger partial charge in [0.05, 0.1) is 0 Å². The van der Waals surface area contributed by atoms with Crippen LogP contribution in [0.25, 0.3) is 0 Å². The molecule has 128 valence electrons. The SMILES string of the molecule is CCN1CCCC1CNc1ncnc(NCC2CCCCC2)n1. The van der Waals surface area contributed by atoms with E-state index in [0.717, 1.165) is 25.6 Å². The summed E-state index contributed by atoms with van der Waals surface area (Å²) in [4.78, 5) is 15.5. The second-order valence-electron chi connectivity index (χ2n) is 6.82. The first-order valence-corrected chi connectivity index (χ1v) is 9.26. The normalized spacial score (nSPS) is 23.1. The van der Waals surface area contributed by atoms with Gasteiger partial charge in [0.15, 0.2) is 0 Å². The number of anilines is 2. The van der Waals surface area contributed by atoms with Gasteiger partial charge in [0.25, 0.3) is 0 Å².